The van der Waals surface area contributed by atoms with E-state index in [-0.39, 0.29) is 5.56 Å². The van der Waals surface area contributed by atoms with Crippen molar-refractivity contribution < 1.29 is 23.0 Å². The van der Waals surface area contributed by atoms with E-state index in [1.807, 2.05) is 0 Å². The molecule has 132 valence electrons. The summed E-state index contributed by atoms with van der Waals surface area (Å²) in [6.07, 6.45) is -5.00. The Morgan fingerprint density at radius 3 is 2.04 bits per heavy atom. The molecular formula is C17H9F3N2O4. The van der Waals surface area contributed by atoms with Gasteiger partial charge in [-0.25, -0.2) is 0 Å². The highest BCUT2D eigenvalue weighted by Crippen LogP contribution is 2.44. The van der Waals surface area contributed by atoms with Gasteiger partial charge in [-0.15, -0.1) is 0 Å². The van der Waals surface area contributed by atoms with Gasteiger partial charge in [-0.1, -0.05) is 36.4 Å². The minimum absolute atomic E-state index is 0.0439. The Morgan fingerprint density at radius 2 is 1.46 bits per heavy atom. The molecule has 3 aromatic rings. The van der Waals surface area contributed by atoms with Crippen molar-refractivity contribution in [3.05, 3.63) is 80.4 Å². The van der Waals surface area contributed by atoms with Gasteiger partial charge in [0.15, 0.2) is 0 Å². The van der Waals surface area contributed by atoms with Gasteiger partial charge in [0.2, 0.25) is 0 Å². The van der Waals surface area contributed by atoms with Gasteiger partial charge in [0.25, 0.3) is 11.4 Å². The van der Waals surface area contributed by atoms with E-state index in [9.17, 15) is 33.4 Å². The number of non-ortho nitro benzene ring substituents is 1. The van der Waals surface area contributed by atoms with E-state index >= 15 is 0 Å². The zero-order chi connectivity index (χ0) is 19.1. The summed E-state index contributed by atoms with van der Waals surface area (Å²) in [6.45, 7) is 0. The van der Waals surface area contributed by atoms with E-state index in [1.54, 1.807) is 24.3 Å². The molecule has 0 aromatic heterocycles. The average molecular weight is 362 g/mol. The fourth-order valence-electron chi connectivity index (χ4n) is 2.73. The Labute approximate surface area is 143 Å². The molecule has 0 bridgehead atoms. The molecule has 0 atom stereocenters. The molecule has 0 aliphatic heterocycles. The number of nitro benzene ring substituents is 2. The summed E-state index contributed by atoms with van der Waals surface area (Å²) in [7, 11) is 0. The van der Waals surface area contributed by atoms with Crippen LogP contribution in [0.1, 0.15) is 5.56 Å². The average Bonchev–Trinajstić information content (AvgIpc) is 2.59. The summed E-state index contributed by atoms with van der Waals surface area (Å²) in [5, 5.41) is 23.6. The van der Waals surface area contributed by atoms with Crippen LogP contribution in [0.4, 0.5) is 24.5 Å². The lowest BCUT2D eigenvalue weighted by molar-refractivity contribution is -0.394. The zero-order valence-corrected chi connectivity index (χ0v) is 12.9. The number of rotatable bonds is 3. The van der Waals surface area contributed by atoms with Gasteiger partial charge in [0.1, 0.15) is 0 Å². The molecule has 6 nitrogen and oxygen atoms in total. The summed E-state index contributed by atoms with van der Waals surface area (Å²) < 4.78 is 40.5. The molecule has 0 N–H and O–H groups in total. The normalized spacial score (nSPS) is 11.5. The van der Waals surface area contributed by atoms with Crippen molar-refractivity contribution in [1.29, 1.82) is 0 Å². The van der Waals surface area contributed by atoms with Crippen LogP contribution in [0, 0.1) is 20.2 Å². The SMILES string of the molecule is O=[N+]([O-])c1cc([N+](=O)[O-])c(-c2ccc3ccccc3c2)c(C(F)(F)F)c1. The summed E-state index contributed by atoms with van der Waals surface area (Å²) in [5.74, 6) is 0. The maximum atomic E-state index is 13.5. The van der Waals surface area contributed by atoms with Crippen molar-refractivity contribution in [2.45, 2.75) is 6.18 Å². The van der Waals surface area contributed by atoms with Crippen molar-refractivity contribution in [1.82, 2.24) is 0 Å². The molecule has 0 aliphatic rings. The molecule has 9 heteroatoms. The van der Waals surface area contributed by atoms with Crippen molar-refractivity contribution in [3.8, 4) is 11.1 Å². The van der Waals surface area contributed by atoms with Gasteiger partial charge in [0, 0.05) is 6.07 Å². The van der Waals surface area contributed by atoms with Crippen LogP contribution in [0.25, 0.3) is 21.9 Å². The van der Waals surface area contributed by atoms with E-state index in [0.717, 1.165) is 5.39 Å². The fourth-order valence-corrected chi connectivity index (χ4v) is 2.73. The topological polar surface area (TPSA) is 86.3 Å². The molecule has 0 unspecified atom stereocenters. The number of hydrogen-bond acceptors (Lipinski definition) is 4. The van der Waals surface area contributed by atoms with E-state index in [1.165, 1.54) is 18.2 Å². The maximum Gasteiger partial charge on any atom is 0.417 e. The molecule has 0 saturated carbocycles. The largest absolute Gasteiger partial charge is 0.417 e. The summed E-state index contributed by atoms with van der Waals surface area (Å²) >= 11 is 0. The first-order chi connectivity index (χ1) is 12.2. The minimum Gasteiger partial charge on any atom is -0.258 e. The van der Waals surface area contributed by atoms with Crippen molar-refractivity contribution in [2.75, 3.05) is 0 Å². The monoisotopic (exact) mass is 362 g/mol. The first kappa shape index (κ1) is 17.3. The van der Waals surface area contributed by atoms with Crippen LogP contribution in [-0.4, -0.2) is 9.85 Å². The first-order valence-corrected chi connectivity index (χ1v) is 7.21. The molecule has 0 saturated heterocycles. The van der Waals surface area contributed by atoms with Gasteiger partial charge in [-0.2, -0.15) is 13.2 Å². The molecular weight excluding hydrogens is 353 g/mol. The van der Waals surface area contributed by atoms with Crippen LogP contribution in [0.2, 0.25) is 0 Å². The molecule has 3 aromatic carbocycles. The highest BCUT2D eigenvalue weighted by Gasteiger charge is 2.39. The lowest BCUT2D eigenvalue weighted by Crippen LogP contribution is -2.10. The van der Waals surface area contributed by atoms with Crippen LogP contribution in [0.5, 0.6) is 0 Å². The third-order valence-electron chi connectivity index (χ3n) is 3.85. The minimum atomic E-state index is -5.00. The van der Waals surface area contributed by atoms with E-state index in [0.29, 0.717) is 17.5 Å². The molecule has 0 fully saturated rings. The highest BCUT2D eigenvalue weighted by molar-refractivity contribution is 5.90. The molecule has 0 radical (unpaired) electrons. The van der Waals surface area contributed by atoms with E-state index in [2.05, 4.69) is 0 Å². The number of nitro groups is 2. The van der Waals surface area contributed by atoms with Gasteiger partial charge in [-0.05, 0) is 22.4 Å². The number of fused-ring (bicyclic) bond motifs is 1. The van der Waals surface area contributed by atoms with Crippen molar-refractivity contribution in [2.24, 2.45) is 0 Å². The van der Waals surface area contributed by atoms with Crippen molar-refractivity contribution in [3.63, 3.8) is 0 Å². The molecule has 26 heavy (non-hydrogen) atoms. The lowest BCUT2D eigenvalue weighted by atomic mass is 9.94. The Hall–Kier alpha value is -3.49. The number of alkyl halides is 3. The summed E-state index contributed by atoms with van der Waals surface area (Å²) in [4.78, 5) is 20.1. The maximum absolute atomic E-state index is 13.5. The number of benzene rings is 3. The third kappa shape index (κ3) is 3.06. The van der Waals surface area contributed by atoms with Gasteiger partial charge in [-0.3, -0.25) is 20.2 Å². The molecule has 0 heterocycles. The fraction of sp³-hybridized carbons (Fsp3) is 0.0588. The predicted octanol–water partition coefficient (Wildman–Crippen LogP) is 5.34. The smallest absolute Gasteiger partial charge is 0.258 e. The van der Waals surface area contributed by atoms with Crippen LogP contribution in [0.15, 0.2) is 54.6 Å². The number of halogens is 3. The molecule has 0 amide bonds. The quantitative estimate of drug-likeness (QED) is 0.465. The van der Waals surface area contributed by atoms with Gasteiger partial charge >= 0.3 is 6.18 Å². The molecule has 3 rings (SSSR count). The second-order valence-corrected chi connectivity index (χ2v) is 5.46. The van der Waals surface area contributed by atoms with E-state index in [4.69, 9.17) is 0 Å². The lowest BCUT2D eigenvalue weighted by Gasteiger charge is -2.14. The third-order valence-corrected chi connectivity index (χ3v) is 3.85. The Bertz CT molecular complexity index is 1050. The highest BCUT2D eigenvalue weighted by atomic mass is 19.4. The zero-order valence-electron chi connectivity index (χ0n) is 12.9. The second-order valence-electron chi connectivity index (χ2n) is 5.46. The molecule has 0 aliphatic carbocycles. The van der Waals surface area contributed by atoms with Gasteiger partial charge in [0.05, 0.1) is 27.0 Å². The molecule has 0 spiro atoms. The van der Waals surface area contributed by atoms with E-state index < -0.39 is 38.5 Å². The second kappa shape index (κ2) is 6.10. The van der Waals surface area contributed by atoms with Crippen molar-refractivity contribution >= 4 is 22.1 Å². The number of nitrogens with zero attached hydrogens (tertiary/aromatic N) is 2. The Kier molecular flexibility index (Phi) is 4.07. The van der Waals surface area contributed by atoms with Crippen LogP contribution >= 0.6 is 0 Å². The summed E-state index contributed by atoms with van der Waals surface area (Å²) in [6, 6.07) is 11.9. The van der Waals surface area contributed by atoms with Crippen LogP contribution in [-0.2, 0) is 6.18 Å². The standard InChI is InChI=1S/C17H9F3N2O4/c18-17(19,20)14-8-13(21(23)24)9-15(22(25)26)16(14)12-6-5-10-3-1-2-4-11(10)7-12/h1-9H. The Balaban J connectivity index is 2.39. The summed E-state index contributed by atoms with van der Waals surface area (Å²) in [5.41, 5.74) is -4.12. The van der Waals surface area contributed by atoms with Crippen LogP contribution < -0.4 is 0 Å². The van der Waals surface area contributed by atoms with Gasteiger partial charge < -0.3 is 0 Å². The first-order valence-electron chi connectivity index (χ1n) is 7.21. The number of hydrogen-bond donors (Lipinski definition) is 0. The predicted molar refractivity (Wildman–Crippen MR) is 87.7 cm³/mol. The Morgan fingerprint density at radius 1 is 0.808 bits per heavy atom. The van der Waals surface area contributed by atoms with Crippen LogP contribution in [0.3, 0.4) is 0 Å².